The summed E-state index contributed by atoms with van der Waals surface area (Å²) < 4.78 is 11.8. The van der Waals surface area contributed by atoms with Crippen LogP contribution in [0.2, 0.25) is 0 Å². The summed E-state index contributed by atoms with van der Waals surface area (Å²) in [5.74, 6) is 1.85. The SMILES string of the molecule is C1=CCC(C2N=C(C3=CCCC=C3)N=C(c3cccc4oc5c(-c6ccc7sc8c(-n9c%10ccccc%10c%10ccccc%109)cccc8c7c6)cccc5c34)N2)C=C1. The van der Waals surface area contributed by atoms with Gasteiger partial charge in [-0.25, -0.2) is 9.98 Å². The van der Waals surface area contributed by atoms with Gasteiger partial charge in [-0.05, 0) is 61.2 Å². The number of furan rings is 1. The van der Waals surface area contributed by atoms with Crippen LogP contribution in [0.15, 0.2) is 184 Å². The van der Waals surface area contributed by atoms with Crippen molar-refractivity contribution in [2.75, 3.05) is 0 Å². The van der Waals surface area contributed by atoms with Crippen LogP contribution in [0.25, 0.3) is 80.7 Å². The minimum Gasteiger partial charge on any atom is -0.455 e. The maximum Gasteiger partial charge on any atom is 0.158 e. The van der Waals surface area contributed by atoms with E-state index in [0.717, 1.165) is 75.1 Å². The van der Waals surface area contributed by atoms with Crippen LogP contribution in [-0.2, 0) is 0 Å². The second kappa shape index (κ2) is 12.9. The number of hydrogen-bond acceptors (Lipinski definition) is 5. The molecule has 2 aliphatic carbocycles. The van der Waals surface area contributed by atoms with Crippen molar-refractivity contribution in [1.29, 1.82) is 0 Å². The van der Waals surface area contributed by atoms with Crippen LogP contribution in [0.4, 0.5) is 0 Å². The van der Waals surface area contributed by atoms with Crippen LogP contribution in [0.3, 0.4) is 0 Å². The van der Waals surface area contributed by atoms with Crippen LogP contribution >= 0.6 is 11.3 Å². The van der Waals surface area contributed by atoms with Crippen LogP contribution in [0.1, 0.15) is 24.8 Å². The van der Waals surface area contributed by atoms with Crippen molar-refractivity contribution in [3.8, 4) is 16.8 Å². The van der Waals surface area contributed by atoms with Gasteiger partial charge in [0.1, 0.15) is 23.2 Å². The van der Waals surface area contributed by atoms with Crippen LogP contribution in [-0.4, -0.2) is 22.4 Å². The molecule has 272 valence electrons. The Kier molecular flexibility index (Phi) is 7.35. The largest absolute Gasteiger partial charge is 0.455 e. The first-order valence-corrected chi connectivity index (χ1v) is 20.6. The summed E-state index contributed by atoms with van der Waals surface area (Å²) in [5.41, 5.74) is 9.69. The van der Waals surface area contributed by atoms with Gasteiger partial charge in [0.2, 0.25) is 0 Å². The predicted octanol–water partition coefficient (Wildman–Crippen LogP) is 13.2. The fraction of sp³-hybridized carbons (Fsp3) is 0.0980. The highest BCUT2D eigenvalue weighted by molar-refractivity contribution is 7.26. The fourth-order valence-corrected chi connectivity index (χ4v) is 10.3. The zero-order valence-corrected chi connectivity index (χ0v) is 31.8. The smallest absolute Gasteiger partial charge is 0.158 e. The van der Waals surface area contributed by atoms with Gasteiger partial charge in [-0.2, -0.15) is 0 Å². The number of thiophene rings is 1. The summed E-state index contributed by atoms with van der Waals surface area (Å²) >= 11 is 1.86. The standard InChI is InChI=1S/C51H36N4OS/c1-3-14-31(15-4-1)49-52-50(32-16-5-2-6-17-32)54-51(53-49)39-23-13-27-44-46(39)38-22-11-20-34(47(38)56-44)33-28-29-45-40(30-33)37-21-12-26-43(48(37)57-45)55-41-24-9-7-18-35(41)36-19-8-10-25-42(36)55/h1,3-5,7-14,16-31,49H,2,6,15H2,(H,52,53,54). The monoisotopic (exact) mass is 752 g/mol. The molecule has 2 atom stereocenters. The molecule has 12 rings (SSSR count). The summed E-state index contributed by atoms with van der Waals surface area (Å²) in [6.45, 7) is 0. The van der Waals surface area contributed by atoms with E-state index in [2.05, 4.69) is 174 Å². The highest BCUT2D eigenvalue weighted by Gasteiger charge is 2.28. The van der Waals surface area contributed by atoms with Gasteiger partial charge < -0.3 is 14.3 Å². The molecule has 3 aromatic heterocycles. The van der Waals surface area contributed by atoms with Crippen molar-refractivity contribution >= 4 is 86.9 Å². The van der Waals surface area contributed by atoms with Crippen molar-refractivity contribution in [3.05, 3.63) is 175 Å². The van der Waals surface area contributed by atoms with Gasteiger partial charge in [-0.15, -0.1) is 11.3 Å². The molecule has 1 aliphatic heterocycles. The van der Waals surface area contributed by atoms with E-state index >= 15 is 0 Å². The number of benzene rings is 6. The molecule has 4 heterocycles. The number of aromatic nitrogens is 1. The Hall–Kier alpha value is -6.76. The van der Waals surface area contributed by atoms with Crippen molar-refractivity contribution in [1.82, 2.24) is 9.88 Å². The quantitative estimate of drug-likeness (QED) is 0.190. The number of aliphatic imine (C=N–C) groups is 2. The second-order valence-corrected chi connectivity index (χ2v) is 16.2. The molecule has 1 N–H and O–H groups in total. The van der Waals surface area contributed by atoms with Gasteiger partial charge in [0.15, 0.2) is 5.84 Å². The molecule has 6 aromatic carbocycles. The first-order chi connectivity index (χ1) is 28.3. The van der Waals surface area contributed by atoms with E-state index in [9.17, 15) is 0 Å². The first kappa shape index (κ1) is 32.5. The van der Waals surface area contributed by atoms with Gasteiger partial charge in [0.05, 0.1) is 21.4 Å². The molecule has 0 radical (unpaired) electrons. The Bertz CT molecular complexity index is 3270. The minimum absolute atomic E-state index is 0.128. The topological polar surface area (TPSA) is 54.8 Å². The highest BCUT2D eigenvalue weighted by atomic mass is 32.1. The van der Waals surface area contributed by atoms with E-state index in [1.165, 1.54) is 47.7 Å². The first-order valence-electron chi connectivity index (χ1n) is 19.8. The van der Waals surface area contributed by atoms with E-state index in [0.29, 0.717) is 0 Å². The Morgan fingerprint density at radius 2 is 1.49 bits per heavy atom. The lowest BCUT2D eigenvalue weighted by Crippen LogP contribution is -2.43. The summed E-state index contributed by atoms with van der Waals surface area (Å²) in [4.78, 5) is 10.4. The molecule has 0 spiro atoms. The molecule has 2 unspecified atom stereocenters. The molecule has 0 saturated carbocycles. The summed E-state index contributed by atoms with van der Waals surface area (Å²) in [5, 5.41) is 10.9. The molecule has 6 heteroatoms. The lowest BCUT2D eigenvalue weighted by Gasteiger charge is -2.29. The number of nitrogens with one attached hydrogen (secondary N) is 1. The number of para-hydroxylation sites is 3. The molecule has 57 heavy (non-hydrogen) atoms. The maximum absolute atomic E-state index is 6.83. The number of rotatable bonds is 5. The number of nitrogens with zero attached hydrogens (tertiary/aromatic N) is 3. The molecule has 9 aromatic rings. The van der Waals surface area contributed by atoms with Gasteiger partial charge >= 0.3 is 0 Å². The predicted molar refractivity (Wildman–Crippen MR) is 240 cm³/mol. The molecule has 3 aliphatic rings. The molecule has 5 nitrogen and oxygen atoms in total. The molecular formula is C51H36N4OS. The van der Waals surface area contributed by atoms with Crippen molar-refractivity contribution in [2.24, 2.45) is 15.9 Å². The minimum atomic E-state index is -0.128. The molecule has 0 saturated heterocycles. The third kappa shape index (κ3) is 5.14. The van der Waals surface area contributed by atoms with Crippen LogP contribution in [0.5, 0.6) is 0 Å². The fourth-order valence-electron chi connectivity index (χ4n) is 9.15. The Balaban J connectivity index is 0.994. The third-order valence-electron chi connectivity index (χ3n) is 11.8. The van der Waals surface area contributed by atoms with Gasteiger partial charge in [-0.1, -0.05) is 127 Å². The average molecular weight is 753 g/mol. The van der Waals surface area contributed by atoms with E-state index in [4.69, 9.17) is 14.4 Å². The van der Waals surface area contributed by atoms with E-state index < -0.39 is 0 Å². The normalized spacial score (nSPS) is 18.2. The Labute approximate surface area is 333 Å². The lowest BCUT2D eigenvalue weighted by molar-refractivity contribution is 0.475. The van der Waals surface area contributed by atoms with Crippen molar-refractivity contribution in [2.45, 2.75) is 25.4 Å². The summed E-state index contributed by atoms with van der Waals surface area (Å²) in [6.07, 6.45) is 18.2. The second-order valence-electron chi connectivity index (χ2n) is 15.2. The van der Waals surface area contributed by atoms with E-state index in [1.54, 1.807) is 0 Å². The van der Waals surface area contributed by atoms with Crippen LogP contribution < -0.4 is 5.32 Å². The Morgan fingerprint density at radius 1 is 0.702 bits per heavy atom. The summed E-state index contributed by atoms with van der Waals surface area (Å²) in [6, 6.07) is 43.9. The van der Waals surface area contributed by atoms with Crippen molar-refractivity contribution < 1.29 is 4.42 Å². The average Bonchev–Trinajstić information content (AvgIpc) is 3.96. The third-order valence-corrected chi connectivity index (χ3v) is 13.0. The molecular weight excluding hydrogens is 717 g/mol. The highest BCUT2D eigenvalue weighted by Crippen LogP contribution is 2.44. The van der Waals surface area contributed by atoms with Gasteiger partial charge in [0, 0.05) is 59.6 Å². The van der Waals surface area contributed by atoms with Gasteiger partial charge in [0.25, 0.3) is 0 Å². The molecule has 0 bridgehead atoms. The van der Waals surface area contributed by atoms with E-state index in [1.807, 2.05) is 11.3 Å². The Morgan fingerprint density at radius 3 is 2.32 bits per heavy atom. The molecule has 0 fully saturated rings. The number of amidine groups is 2. The van der Waals surface area contributed by atoms with Gasteiger partial charge in [-0.3, -0.25) is 0 Å². The summed E-state index contributed by atoms with van der Waals surface area (Å²) in [7, 11) is 0. The van der Waals surface area contributed by atoms with Crippen molar-refractivity contribution in [3.63, 3.8) is 0 Å². The maximum atomic E-state index is 6.83. The molecule has 0 amide bonds. The van der Waals surface area contributed by atoms with Crippen LogP contribution in [0, 0.1) is 5.92 Å². The zero-order valence-electron chi connectivity index (χ0n) is 31.0. The number of allylic oxidation sites excluding steroid dienone is 5. The number of fused-ring (bicyclic) bond motifs is 9. The number of hydrogen-bond donors (Lipinski definition) is 1. The zero-order chi connectivity index (χ0) is 37.5. The lowest BCUT2D eigenvalue weighted by atomic mass is 9.95. The van der Waals surface area contributed by atoms with E-state index in [-0.39, 0.29) is 12.1 Å².